The fraction of sp³-hybridized carbons (Fsp3) is 0.286. The lowest BCUT2D eigenvalue weighted by atomic mass is 10.2. The standard InChI is InChI=1S/C21H21N5O/c27-20(11-13-26-18-9-4-1-6-15(18)14-22-26)25-12-5-10-19(25)21-23-16-7-2-3-8-17(16)24-21/h1-4,6-9,14,19H,5,10-13H2,(H,23,24)/t19-/m0/s1. The second-order valence-electron chi connectivity index (χ2n) is 7.06. The molecule has 5 rings (SSSR count). The van der Waals surface area contributed by atoms with Crippen molar-refractivity contribution in [1.29, 1.82) is 0 Å². The summed E-state index contributed by atoms with van der Waals surface area (Å²) in [7, 11) is 0. The number of carbonyl (C=O) groups excluding carboxylic acids is 1. The summed E-state index contributed by atoms with van der Waals surface area (Å²) < 4.78 is 1.92. The number of carbonyl (C=O) groups is 1. The van der Waals surface area contributed by atoms with E-state index in [0.717, 1.165) is 47.1 Å². The highest BCUT2D eigenvalue weighted by Crippen LogP contribution is 2.32. The van der Waals surface area contributed by atoms with E-state index < -0.39 is 0 Å². The monoisotopic (exact) mass is 359 g/mol. The van der Waals surface area contributed by atoms with Crippen LogP contribution in [-0.4, -0.2) is 37.1 Å². The number of imidazole rings is 1. The van der Waals surface area contributed by atoms with E-state index in [0.29, 0.717) is 13.0 Å². The highest BCUT2D eigenvalue weighted by Gasteiger charge is 2.31. The molecule has 1 N–H and O–H groups in total. The van der Waals surface area contributed by atoms with Crippen LogP contribution < -0.4 is 0 Å². The number of nitrogens with zero attached hydrogens (tertiary/aromatic N) is 4. The van der Waals surface area contributed by atoms with E-state index in [1.54, 1.807) is 0 Å². The van der Waals surface area contributed by atoms with Gasteiger partial charge in [0.1, 0.15) is 5.82 Å². The summed E-state index contributed by atoms with van der Waals surface area (Å²) in [5, 5.41) is 5.53. The van der Waals surface area contributed by atoms with E-state index in [-0.39, 0.29) is 11.9 Å². The first-order valence-electron chi connectivity index (χ1n) is 9.44. The minimum absolute atomic E-state index is 0.0410. The van der Waals surface area contributed by atoms with Gasteiger partial charge in [-0.1, -0.05) is 30.3 Å². The molecule has 1 saturated heterocycles. The average molecular weight is 359 g/mol. The molecule has 1 amide bonds. The number of benzene rings is 2. The largest absolute Gasteiger partial charge is 0.340 e. The molecule has 0 unspecified atom stereocenters. The van der Waals surface area contributed by atoms with Crippen LogP contribution in [0.25, 0.3) is 21.9 Å². The smallest absolute Gasteiger partial charge is 0.225 e. The number of hydrogen-bond acceptors (Lipinski definition) is 3. The molecule has 136 valence electrons. The van der Waals surface area contributed by atoms with Crippen molar-refractivity contribution >= 4 is 27.8 Å². The van der Waals surface area contributed by atoms with Crippen LogP contribution in [0, 0.1) is 0 Å². The molecule has 0 aliphatic carbocycles. The maximum absolute atomic E-state index is 12.9. The number of aromatic nitrogens is 4. The molecule has 4 aromatic rings. The van der Waals surface area contributed by atoms with Crippen LogP contribution in [0.15, 0.2) is 54.7 Å². The zero-order valence-corrected chi connectivity index (χ0v) is 15.0. The summed E-state index contributed by atoms with van der Waals surface area (Å²) in [6, 6.07) is 16.1. The number of aryl methyl sites for hydroxylation is 1. The van der Waals surface area contributed by atoms with E-state index >= 15 is 0 Å². The summed E-state index contributed by atoms with van der Waals surface area (Å²) in [5.74, 6) is 1.06. The van der Waals surface area contributed by atoms with Gasteiger partial charge in [-0.25, -0.2) is 4.98 Å². The van der Waals surface area contributed by atoms with Crippen molar-refractivity contribution < 1.29 is 4.79 Å². The van der Waals surface area contributed by atoms with E-state index in [9.17, 15) is 4.79 Å². The second-order valence-corrected chi connectivity index (χ2v) is 7.06. The molecule has 27 heavy (non-hydrogen) atoms. The third-order valence-electron chi connectivity index (χ3n) is 5.38. The summed E-state index contributed by atoms with van der Waals surface area (Å²) in [5.41, 5.74) is 3.05. The predicted octanol–water partition coefficient (Wildman–Crippen LogP) is 3.67. The van der Waals surface area contributed by atoms with Gasteiger partial charge in [-0.3, -0.25) is 9.48 Å². The Labute approximate surface area is 156 Å². The summed E-state index contributed by atoms with van der Waals surface area (Å²) in [6.45, 7) is 1.39. The van der Waals surface area contributed by atoms with Gasteiger partial charge in [-0.2, -0.15) is 5.10 Å². The average Bonchev–Trinajstić information content (AvgIpc) is 3.43. The van der Waals surface area contributed by atoms with Crippen molar-refractivity contribution in [3.05, 3.63) is 60.6 Å². The molecular formula is C21H21N5O. The van der Waals surface area contributed by atoms with E-state index in [2.05, 4.69) is 10.1 Å². The van der Waals surface area contributed by atoms with Gasteiger partial charge >= 0.3 is 0 Å². The number of nitrogens with one attached hydrogen (secondary N) is 1. The Balaban J connectivity index is 1.33. The minimum atomic E-state index is 0.0410. The lowest BCUT2D eigenvalue weighted by Crippen LogP contribution is -2.31. The normalized spacial score (nSPS) is 17.2. The second kappa shape index (κ2) is 6.54. The summed E-state index contributed by atoms with van der Waals surface area (Å²) >= 11 is 0. The molecule has 1 aliphatic heterocycles. The summed E-state index contributed by atoms with van der Waals surface area (Å²) in [4.78, 5) is 23.0. The van der Waals surface area contributed by atoms with Gasteiger partial charge < -0.3 is 9.88 Å². The Morgan fingerprint density at radius 2 is 2.00 bits per heavy atom. The number of amides is 1. The Hall–Kier alpha value is -3.15. The molecule has 1 fully saturated rings. The van der Waals surface area contributed by atoms with Gasteiger partial charge in [0, 0.05) is 18.4 Å². The highest BCUT2D eigenvalue weighted by molar-refractivity contribution is 5.80. The van der Waals surface area contributed by atoms with E-state index in [1.165, 1.54) is 0 Å². The number of likely N-dealkylation sites (tertiary alicyclic amines) is 1. The van der Waals surface area contributed by atoms with Crippen LogP contribution in [0.3, 0.4) is 0 Å². The van der Waals surface area contributed by atoms with Crippen LogP contribution >= 0.6 is 0 Å². The Morgan fingerprint density at radius 3 is 2.93 bits per heavy atom. The molecular weight excluding hydrogens is 338 g/mol. The van der Waals surface area contributed by atoms with Gasteiger partial charge in [-0.15, -0.1) is 0 Å². The first-order chi connectivity index (χ1) is 13.3. The SMILES string of the molecule is O=C(CCn1ncc2ccccc21)N1CCC[C@H]1c1nc2ccccc2[nH]1. The fourth-order valence-corrected chi connectivity index (χ4v) is 4.03. The molecule has 0 spiro atoms. The molecule has 1 aliphatic rings. The number of hydrogen-bond donors (Lipinski definition) is 1. The number of H-pyrrole nitrogens is 1. The molecule has 0 bridgehead atoms. The molecule has 1 atom stereocenters. The zero-order valence-electron chi connectivity index (χ0n) is 15.0. The van der Waals surface area contributed by atoms with Crippen LogP contribution in [-0.2, 0) is 11.3 Å². The molecule has 3 heterocycles. The first kappa shape index (κ1) is 16.1. The van der Waals surface area contributed by atoms with E-state index in [1.807, 2.05) is 64.3 Å². The minimum Gasteiger partial charge on any atom is -0.340 e. The number of fused-ring (bicyclic) bond motifs is 2. The maximum atomic E-state index is 12.9. The molecule has 2 aromatic carbocycles. The molecule has 0 radical (unpaired) electrons. The topological polar surface area (TPSA) is 66.8 Å². The number of rotatable bonds is 4. The lowest BCUT2D eigenvalue weighted by molar-refractivity contribution is -0.132. The third-order valence-corrected chi connectivity index (χ3v) is 5.38. The predicted molar refractivity (Wildman–Crippen MR) is 104 cm³/mol. The van der Waals surface area contributed by atoms with Crippen molar-refractivity contribution in [2.75, 3.05) is 6.54 Å². The van der Waals surface area contributed by atoms with Crippen molar-refractivity contribution in [3.8, 4) is 0 Å². The third kappa shape index (κ3) is 2.87. The lowest BCUT2D eigenvalue weighted by Gasteiger charge is -2.23. The highest BCUT2D eigenvalue weighted by atomic mass is 16.2. The molecule has 6 heteroatoms. The Morgan fingerprint density at radius 1 is 1.15 bits per heavy atom. The molecule has 0 saturated carbocycles. The van der Waals surface area contributed by atoms with Crippen LogP contribution in [0.5, 0.6) is 0 Å². The quantitative estimate of drug-likeness (QED) is 0.605. The van der Waals surface area contributed by atoms with Crippen LogP contribution in [0.4, 0.5) is 0 Å². The van der Waals surface area contributed by atoms with Crippen molar-refractivity contribution in [1.82, 2.24) is 24.6 Å². The number of aromatic amines is 1. The van der Waals surface area contributed by atoms with Gasteiger partial charge in [0.15, 0.2) is 0 Å². The number of para-hydroxylation sites is 3. The van der Waals surface area contributed by atoms with Gasteiger partial charge in [0.05, 0.1) is 35.3 Å². The van der Waals surface area contributed by atoms with Crippen LogP contribution in [0.2, 0.25) is 0 Å². The van der Waals surface area contributed by atoms with Crippen LogP contribution in [0.1, 0.15) is 31.1 Å². The Kier molecular flexibility index (Phi) is 3.89. The zero-order chi connectivity index (χ0) is 18.2. The fourth-order valence-electron chi connectivity index (χ4n) is 4.03. The van der Waals surface area contributed by atoms with Gasteiger partial charge in [0.2, 0.25) is 5.91 Å². The van der Waals surface area contributed by atoms with Crippen molar-refractivity contribution in [3.63, 3.8) is 0 Å². The van der Waals surface area contributed by atoms with Crippen molar-refractivity contribution in [2.24, 2.45) is 0 Å². The summed E-state index contributed by atoms with van der Waals surface area (Å²) in [6.07, 6.45) is 4.27. The Bertz CT molecular complexity index is 1080. The van der Waals surface area contributed by atoms with E-state index in [4.69, 9.17) is 4.98 Å². The first-order valence-corrected chi connectivity index (χ1v) is 9.44. The van der Waals surface area contributed by atoms with Crippen molar-refractivity contribution in [2.45, 2.75) is 31.8 Å². The van der Waals surface area contributed by atoms with Gasteiger partial charge in [0.25, 0.3) is 0 Å². The molecule has 2 aromatic heterocycles. The maximum Gasteiger partial charge on any atom is 0.225 e. The molecule has 6 nitrogen and oxygen atoms in total. The van der Waals surface area contributed by atoms with Gasteiger partial charge in [-0.05, 0) is 31.0 Å².